The van der Waals surface area contributed by atoms with E-state index < -0.39 is 22.2 Å². The molecule has 1 rings (SSSR count). The molecule has 0 aromatic carbocycles. The molecular weight excluding hydrogens is 276 g/mol. The summed E-state index contributed by atoms with van der Waals surface area (Å²) in [6, 6.07) is 0. The van der Waals surface area contributed by atoms with Crippen LogP contribution in [0.3, 0.4) is 0 Å². The smallest absolute Gasteiger partial charge is 0.319 e. The highest BCUT2D eigenvalue weighted by molar-refractivity contribution is 7.86. The predicted octanol–water partition coefficient (Wildman–Crippen LogP) is 2.47. The van der Waals surface area contributed by atoms with Crippen LogP contribution in [-0.2, 0) is 25.1 Å². The third-order valence-corrected chi connectivity index (χ3v) is 5.73. The van der Waals surface area contributed by atoms with Crippen molar-refractivity contribution in [3.8, 4) is 0 Å². The number of carbonyl (C=O) groups is 2. The number of ether oxygens (including phenoxy) is 1. The van der Waals surface area contributed by atoms with Crippen LogP contribution in [-0.4, -0.2) is 33.6 Å². The van der Waals surface area contributed by atoms with Gasteiger partial charge >= 0.3 is 5.97 Å². The molecule has 0 bridgehead atoms. The summed E-state index contributed by atoms with van der Waals surface area (Å²) in [5.74, 6) is -0.277. The Morgan fingerprint density at radius 3 is 2.50 bits per heavy atom. The molecule has 0 aliphatic heterocycles. The quantitative estimate of drug-likeness (QED) is 0.558. The van der Waals surface area contributed by atoms with Crippen molar-refractivity contribution in [3.63, 3.8) is 0 Å². The minimum Gasteiger partial charge on any atom is -0.465 e. The van der Waals surface area contributed by atoms with Crippen LogP contribution in [0.15, 0.2) is 0 Å². The van der Waals surface area contributed by atoms with Crippen molar-refractivity contribution in [3.05, 3.63) is 0 Å². The molecule has 3 atom stereocenters. The number of ketones is 1. The van der Waals surface area contributed by atoms with E-state index >= 15 is 0 Å². The van der Waals surface area contributed by atoms with Gasteiger partial charge in [-0.1, -0.05) is 19.8 Å². The van der Waals surface area contributed by atoms with Gasteiger partial charge < -0.3 is 4.74 Å². The minimum atomic E-state index is -1.20. The highest BCUT2D eigenvalue weighted by Crippen LogP contribution is 2.28. The number of carbonyl (C=O) groups excluding carboxylic acids is 2. The van der Waals surface area contributed by atoms with Crippen LogP contribution in [0, 0.1) is 11.3 Å². The fraction of sp³-hybridized carbons (Fsp3) is 0.867. The molecule has 20 heavy (non-hydrogen) atoms. The summed E-state index contributed by atoms with van der Waals surface area (Å²) in [5.41, 5.74) is -1.20. The SMILES string of the molecule is CCOC(=O)C(C)(C)C(=O)CS(=O)C1CCCC(C)C1. The first-order valence-electron chi connectivity index (χ1n) is 7.36. The van der Waals surface area contributed by atoms with E-state index in [1.165, 1.54) is 6.42 Å². The normalized spacial score (nSPS) is 25.0. The van der Waals surface area contributed by atoms with Crippen molar-refractivity contribution >= 4 is 22.6 Å². The molecule has 1 aliphatic carbocycles. The number of Topliss-reactive ketones (excluding diaryl/α,β-unsaturated/α-hetero) is 1. The lowest BCUT2D eigenvalue weighted by atomic mass is 9.89. The molecule has 0 spiro atoms. The van der Waals surface area contributed by atoms with Crippen LogP contribution < -0.4 is 0 Å². The highest BCUT2D eigenvalue weighted by Gasteiger charge is 2.39. The van der Waals surface area contributed by atoms with Crippen LogP contribution in [0.5, 0.6) is 0 Å². The van der Waals surface area contributed by atoms with E-state index in [4.69, 9.17) is 4.74 Å². The molecule has 0 N–H and O–H groups in total. The zero-order valence-corrected chi connectivity index (χ0v) is 13.8. The molecule has 1 aliphatic rings. The molecule has 0 aromatic heterocycles. The lowest BCUT2D eigenvalue weighted by molar-refractivity contribution is -0.157. The van der Waals surface area contributed by atoms with Gasteiger partial charge in [0.1, 0.15) is 5.41 Å². The largest absolute Gasteiger partial charge is 0.465 e. The minimum absolute atomic E-state index is 0.0385. The van der Waals surface area contributed by atoms with Crippen molar-refractivity contribution in [2.45, 2.75) is 58.6 Å². The van der Waals surface area contributed by atoms with Gasteiger partial charge in [-0.3, -0.25) is 13.8 Å². The van der Waals surface area contributed by atoms with Crippen molar-refractivity contribution < 1.29 is 18.5 Å². The molecule has 3 unspecified atom stereocenters. The first-order valence-corrected chi connectivity index (χ1v) is 8.75. The summed E-state index contributed by atoms with van der Waals surface area (Å²) in [6.07, 6.45) is 4.09. The van der Waals surface area contributed by atoms with Gasteiger partial charge in [0.15, 0.2) is 5.78 Å². The monoisotopic (exact) mass is 302 g/mol. The van der Waals surface area contributed by atoms with Gasteiger partial charge in [0.05, 0.1) is 12.4 Å². The third kappa shape index (κ3) is 4.40. The summed E-state index contributed by atoms with van der Waals surface area (Å²) in [5, 5.41) is 0.0979. The van der Waals surface area contributed by atoms with E-state index in [1.807, 2.05) is 0 Å². The van der Waals surface area contributed by atoms with Crippen molar-refractivity contribution in [1.82, 2.24) is 0 Å². The van der Waals surface area contributed by atoms with Crippen LogP contribution in [0.2, 0.25) is 0 Å². The summed E-state index contributed by atoms with van der Waals surface area (Å²) in [7, 11) is -1.18. The summed E-state index contributed by atoms with van der Waals surface area (Å²) in [4.78, 5) is 24.0. The Kier molecular flexibility index (Phi) is 6.37. The fourth-order valence-electron chi connectivity index (χ4n) is 2.47. The highest BCUT2D eigenvalue weighted by atomic mass is 32.2. The number of hydrogen-bond acceptors (Lipinski definition) is 4. The van der Waals surface area contributed by atoms with E-state index in [0.29, 0.717) is 5.92 Å². The van der Waals surface area contributed by atoms with Crippen LogP contribution in [0.4, 0.5) is 0 Å². The molecule has 5 heteroatoms. The van der Waals surface area contributed by atoms with Gasteiger partial charge in [0.2, 0.25) is 0 Å². The van der Waals surface area contributed by atoms with Gasteiger partial charge in [-0.25, -0.2) is 0 Å². The van der Waals surface area contributed by atoms with Gasteiger partial charge in [-0.15, -0.1) is 0 Å². The topological polar surface area (TPSA) is 60.4 Å². The number of hydrogen-bond donors (Lipinski definition) is 0. The predicted molar refractivity (Wildman–Crippen MR) is 79.9 cm³/mol. The van der Waals surface area contributed by atoms with Gasteiger partial charge in [-0.05, 0) is 39.5 Å². The summed E-state index contributed by atoms with van der Waals surface area (Å²) in [6.45, 7) is 7.22. The second kappa shape index (κ2) is 7.34. The van der Waals surface area contributed by atoms with Gasteiger partial charge in [0.25, 0.3) is 0 Å². The molecular formula is C15H26O4S. The zero-order chi connectivity index (χ0) is 15.3. The maximum atomic E-state index is 12.3. The lowest BCUT2D eigenvalue weighted by Crippen LogP contribution is -2.39. The second-order valence-corrected chi connectivity index (χ2v) is 7.90. The lowest BCUT2D eigenvalue weighted by Gasteiger charge is -2.27. The molecule has 0 radical (unpaired) electrons. The van der Waals surface area contributed by atoms with E-state index in [-0.39, 0.29) is 23.4 Å². The Morgan fingerprint density at radius 2 is 1.95 bits per heavy atom. The Morgan fingerprint density at radius 1 is 1.30 bits per heavy atom. The van der Waals surface area contributed by atoms with Crippen molar-refractivity contribution in [2.24, 2.45) is 11.3 Å². The fourth-order valence-corrected chi connectivity index (χ4v) is 4.30. The zero-order valence-electron chi connectivity index (χ0n) is 12.9. The van der Waals surface area contributed by atoms with E-state index in [9.17, 15) is 13.8 Å². The molecule has 0 heterocycles. The van der Waals surface area contributed by atoms with Crippen LogP contribution >= 0.6 is 0 Å². The van der Waals surface area contributed by atoms with E-state index in [1.54, 1.807) is 20.8 Å². The first-order chi connectivity index (χ1) is 9.28. The van der Waals surface area contributed by atoms with Gasteiger partial charge in [0, 0.05) is 16.0 Å². The molecule has 116 valence electrons. The molecule has 0 aromatic rings. The first kappa shape index (κ1) is 17.3. The number of esters is 1. The Hall–Kier alpha value is -0.710. The average Bonchev–Trinajstić information content (AvgIpc) is 2.38. The Bertz CT molecular complexity index is 389. The third-order valence-electron chi connectivity index (χ3n) is 4.02. The van der Waals surface area contributed by atoms with Crippen molar-refractivity contribution in [1.29, 1.82) is 0 Å². The van der Waals surface area contributed by atoms with Crippen LogP contribution in [0.1, 0.15) is 53.4 Å². The van der Waals surface area contributed by atoms with E-state index in [2.05, 4.69) is 6.92 Å². The Balaban J connectivity index is 2.60. The average molecular weight is 302 g/mol. The maximum absolute atomic E-state index is 12.3. The Labute approximate surface area is 124 Å². The molecule has 0 saturated heterocycles. The van der Waals surface area contributed by atoms with Gasteiger partial charge in [-0.2, -0.15) is 0 Å². The number of rotatable bonds is 6. The molecule has 4 nitrogen and oxygen atoms in total. The molecule has 1 saturated carbocycles. The van der Waals surface area contributed by atoms with Crippen LogP contribution in [0.25, 0.3) is 0 Å². The second-order valence-electron chi connectivity index (χ2n) is 6.19. The van der Waals surface area contributed by atoms with E-state index in [0.717, 1.165) is 19.3 Å². The summed E-state index contributed by atoms with van der Waals surface area (Å²) < 4.78 is 17.2. The molecule has 0 amide bonds. The maximum Gasteiger partial charge on any atom is 0.319 e. The molecule has 1 fully saturated rings. The van der Waals surface area contributed by atoms with Crippen molar-refractivity contribution in [2.75, 3.05) is 12.4 Å². The summed E-state index contributed by atoms with van der Waals surface area (Å²) >= 11 is 0. The standard InChI is InChI=1S/C15H26O4S/c1-5-19-14(17)15(3,4)13(16)10-20(18)12-8-6-7-11(2)9-12/h11-12H,5-10H2,1-4H3.